The van der Waals surface area contributed by atoms with Crippen LogP contribution in [0.5, 0.6) is 0 Å². The predicted molar refractivity (Wildman–Crippen MR) is 32.6 cm³/mol. The standard InChI is InChI=1S/C7H6F4/c1-2-3-4-5-6(8)7(9,10)11/h3H,2H2,1H3. The molecule has 0 spiro atoms. The Labute approximate surface area is 61.5 Å². The maximum Gasteiger partial charge on any atom is 0.451 e. The van der Waals surface area contributed by atoms with Crippen molar-refractivity contribution >= 4 is 0 Å². The van der Waals surface area contributed by atoms with Crippen molar-refractivity contribution in [3.05, 3.63) is 23.4 Å². The number of alkyl halides is 3. The van der Waals surface area contributed by atoms with Crippen LogP contribution in [0.1, 0.15) is 13.3 Å². The summed E-state index contributed by atoms with van der Waals surface area (Å²) in [6.45, 7) is 1.69. The highest BCUT2D eigenvalue weighted by molar-refractivity contribution is 4.98. The van der Waals surface area contributed by atoms with Crippen LogP contribution in [0.3, 0.4) is 0 Å². The van der Waals surface area contributed by atoms with E-state index in [1.54, 1.807) is 6.92 Å². The zero-order valence-electron chi connectivity index (χ0n) is 5.80. The van der Waals surface area contributed by atoms with E-state index in [-0.39, 0.29) is 0 Å². The molecule has 0 rings (SSSR count). The first kappa shape index (κ1) is 10.0. The molecule has 0 aliphatic rings. The lowest BCUT2D eigenvalue weighted by atomic mass is 10.4. The summed E-state index contributed by atoms with van der Waals surface area (Å²) >= 11 is 0. The average molecular weight is 166 g/mol. The minimum absolute atomic E-state index is 0.498. The van der Waals surface area contributed by atoms with Crippen molar-refractivity contribution in [2.75, 3.05) is 0 Å². The summed E-state index contributed by atoms with van der Waals surface area (Å²) in [6.07, 6.45) is -3.18. The van der Waals surface area contributed by atoms with Gasteiger partial charge in [0.05, 0.1) is 0 Å². The molecule has 0 amide bonds. The summed E-state index contributed by atoms with van der Waals surface area (Å²) in [5, 5.41) is 0. The van der Waals surface area contributed by atoms with Crippen molar-refractivity contribution in [3.8, 4) is 0 Å². The highest BCUT2D eigenvalue weighted by atomic mass is 19.4. The van der Waals surface area contributed by atoms with E-state index in [4.69, 9.17) is 0 Å². The van der Waals surface area contributed by atoms with Gasteiger partial charge in [-0.05, 0) is 18.2 Å². The highest BCUT2D eigenvalue weighted by Gasteiger charge is 2.34. The quantitative estimate of drug-likeness (QED) is 0.414. The molecule has 0 saturated carbocycles. The summed E-state index contributed by atoms with van der Waals surface area (Å²) in [5.41, 5.74) is 3.28. The van der Waals surface area contributed by atoms with Gasteiger partial charge in [0, 0.05) is 0 Å². The first-order valence-corrected chi connectivity index (χ1v) is 2.91. The highest BCUT2D eigenvalue weighted by Crippen LogP contribution is 2.24. The van der Waals surface area contributed by atoms with E-state index >= 15 is 0 Å². The first-order valence-electron chi connectivity index (χ1n) is 2.91. The Morgan fingerprint density at radius 1 is 1.45 bits per heavy atom. The molecule has 0 aliphatic carbocycles. The number of hydrogen-bond acceptors (Lipinski definition) is 0. The third-order valence-electron chi connectivity index (χ3n) is 0.737. The lowest BCUT2D eigenvalue weighted by molar-refractivity contribution is -0.108. The second-order valence-corrected chi connectivity index (χ2v) is 1.69. The largest absolute Gasteiger partial charge is 0.451 e. The zero-order chi connectivity index (χ0) is 8.91. The third kappa shape index (κ3) is 4.43. The summed E-state index contributed by atoms with van der Waals surface area (Å²) in [7, 11) is 0. The van der Waals surface area contributed by atoms with Crippen LogP contribution in [0, 0.1) is 0 Å². The Bertz CT molecular complexity index is 211. The van der Waals surface area contributed by atoms with Crippen LogP contribution in [0.25, 0.3) is 0 Å². The monoisotopic (exact) mass is 166 g/mol. The lowest BCUT2D eigenvalue weighted by Crippen LogP contribution is -2.06. The number of allylic oxidation sites excluding steroid dienone is 2. The van der Waals surface area contributed by atoms with Crippen LogP contribution in [-0.2, 0) is 0 Å². The maximum atomic E-state index is 11.8. The lowest BCUT2D eigenvalue weighted by Gasteiger charge is -1.96. The van der Waals surface area contributed by atoms with Crippen LogP contribution >= 0.6 is 0 Å². The SMILES string of the molecule is CCC=C=C=C(F)C(F)(F)F. The first-order chi connectivity index (χ1) is 4.98. The van der Waals surface area contributed by atoms with Gasteiger partial charge in [0.2, 0.25) is 0 Å². The van der Waals surface area contributed by atoms with Crippen LogP contribution in [0.4, 0.5) is 17.6 Å². The summed E-state index contributed by atoms with van der Waals surface area (Å²) in [5.74, 6) is -2.25. The third-order valence-corrected chi connectivity index (χ3v) is 0.737. The molecule has 0 heterocycles. The van der Waals surface area contributed by atoms with Gasteiger partial charge < -0.3 is 0 Å². The van der Waals surface area contributed by atoms with E-state index in [1.807, 2.05) is 5.73 Å². The fraction of sp³-hybridized carbons (Fsp3) is 0.429. The van der Waals surface area contributed by atoms with E-state index in [0.29, 0.717) is 6.42 Å². The molecule has 0 fully saturated rings. The topological polar surface area (TPSA) is 0 Å². The van der Waals surface area contributed by atoms with E-state index in [2.05, 4.69) is 0 Å². The van der Waals surface area contributed by atoms with Crippen LogP contribution in [0.2, 0.25) is 0 Å². The molecular formula is C7H6F4. The Kier molecular flexibility index (Phi) is 3.66. The molecule has 0 radical (unpaired) electrons. The zero-order valence-corrected chi connectivity index (χ0v) is 5.80. The fourth-order valence-corrected chi connectivity index (χ4v) is 0.287. The van der Waals surface area contributed by atoms with Gasteiger partial charge in [0.25, 0.3) is 5.83 Å². The van der Waals surface area contributed by atoms with E-state index in [9.17, 15) is 17.6 Å². The fourth-order valence-electron chi connectivity index (χ4n) is 0.287. The average Bonchev–Trinajstić information content (AvgIpc) is 1.86. The second-order valence-electron chi connectivity index (χ2n) is 1.69. The summed E-state index contributed by atoms with van der Waals surface area (Å²) in [6, 6.07) is 0. The normalized spacial score (nSPS) is 9.91. The minimum Gasteiger partial charge on any atom is -0.192 e. The van der Waals surface area contributed by atoms with Gasteiger partial charge in [-0.25, -0.2) is 0 Å². The van der Waals surface area contributed by atoms with Crippen LogP contribution in [0.15, 0.2) is 23.4 Å². The summed E-state index contributed by atoms with van der Waals surface area (Å²) < 4.78 is 45.9. The molecule has 0 nitrogen and oxygen atoms in total. The van der Waals surface area contributed by atoms with Crippen LogP contribution in [-0.4, -0.2) is 6.18 Å². The minimum atomic E-state index is -4.94. The molecule has 0 aromatic carbocycles. The summed E-state index contributed by atoms with van der Waals surface area (Å²) in [4.78, 5) is 0. The number of rotatable bonds is 1. The molecule has 0 atom stereocenters. The van der Waals surface area contributed by atoms with Gasteiger partial charge >= 0.3 is 6.18 Å². The van der Waals surface area contributed by atoms with E-state index < -0.39 is 12.0 Å². The Hall–Kier alpha value is -0.980. The smallest absolute Gasteiger partial charge is 0.192 e. The van der Waals surface area contributed by atoms with Gasteiger partial charge in [-0.1, -0.05) is 12.7 Å². The Morgan fingerprint density at radius 3 is 2.36 bits per heavy atom. The van der Waals surface area contributed by atoms with E-state index in [1.165, 1.54) is 11.8 Å². The number of halogens is 4. The van der Waals surface area contributed by atoms with E-state index in [0.717, 1.165) is 0 Å². The van der Waals surface area contributed by atoms with Crippen molar-refractivity contribution in [2.45, 2.75) is 19.5 Å². The maximum absolute atomic E-state index is 11.8. The second kappa shape index (κ2) is 4.02. The van der Waals surface area contributed by atoms with Gasteiger partial charge in [-0.3, -0.25) is 0 Å². The molecular weight excluding hydrogens is 160 g/mol. The Balaban J connectivity index is 4.60. The van der Waals surface area contributed by atoms with Gasteiger partial charge in [-0.15, -0.1) is 0 Å². The van der Waals surface area contributed by atoms with Crippen molar-refractivity contribution in [3.63, 3.8) is 0 Å². The van der Waals surface area contributed by atoms with Crippen molar-refractivity contribution in [1.82, 2.24) is 0 Å². The molecule has 0 aliphatic heterocycles. The molecule has 0 N–H and O–H groups in total. The van der Waals surface area contributed by atoms with Gasteiger partial charge in [0.15, 0.2) is 0 Å². The van der Waals surface area contributed by atoms with Gasteiger partial charge in [-0.2, -0.15) is 17.6 Å². The predicted octanol–water partition coefficient (Wildman–Crippen LogP) is 3.12. The van der Waals surface area contributed by atoms with Crippen molar-refractivity contribution in [1.29, 1.82) is 0 Å². The molecule has 0 aromatic rings. The molecule has 0 aromatic heterocycles. The molecule has 62 valence electrons. The molecule has 0 unspecified atom stereocenters. The Morgan fingerprint density at radius 2 is 2.00 bits per heavy atom. The van der Waals surface area contributed by atoms with Gasteiger partial charge in [0.1, 0.15) is 0 Å². The molecule has 0 bridgehead atoms. The van der Waals surface area contributed by atoms with Crippen molar-refractivity contribution < 1.29 is 17.6 Å². The molecule has 0 saturated heterocycles. The molecule has 11 heavy (non-hydrogen) atoms. The van der Waals surface area contributed by atoms with Crippen molar-refractivity contribution in [2.24, 2.45) is 0 Å². The number of hydrogen-bond donors (Lipinski definition) is 0. The molecule has 4 heteroatoms. The van der Waals surface area contributed by atoms with Crippen LogP contribution < -0.4 is 0 Å².